The van der Waals surface area contributed by atoms with E-state index in [1.165, 1.54) is 23.5 Å². The van der Waals surface area contributed by atoms with E-state index in [-0.39, 0.29) is 23.3 Å². The van der Waals surface area contributed by atoms with Gasteiger partial charge in [-0.2, -0.15) is 4.31 Å². The molecule has 1 N–H and O–H groups in total. The minimum absolute atomic E-state index is 0. The molecule has 2 rings (SSSR count). The summed E-state index contributed by atoms with van der Waals surface area (Å²) in [6.45, 7) is 3.67. The molecule has 5 nitrogen and oxygen atoms in total. The zero-order valence-electron chi connectivity index (χ0n) is 11.3. The average molecular weight is 341 g/mol. The molecule has 20 heavy (non-hydrogen) atoms. The fourth-order valence-electron chi connectivity index (χ4n) is 2.12. The molecule has 0 spiro atoms. The van der Waals surface area contributed by atoms with Crippen LogP contribution in [0.15, 0.2) is 23.1 Å². The van der Waals surface area contributed by atoms with Gasteiger partial charge in [0.2, 0.25) is 10.0 Å². The van der Waals surface area contributed by atoms with E-state index >= 15 is 0 Å². The van der Waals surface area contributed by atoms with Gasteiger partial charge in [-0.1, -0.05) is 11.6 Å². The number of halogens is 2. The molecule has 1 atom stereocenters. The van der Waals surface area contributed by atoms with Crippen LogP contribution >= 0.6 is 24.0 Å². The summed E-state index contributed by atoms with van der Waals surface area (Å²) in [5.41, 5.74) is 0. The molecule has 1 fully saturated rings. The number of piperazine rings is 1. The third kappa shape index (κ3) is 3.38. The molecule has 114 valence electrons. The van der Waals surface area contributed by atoms with E-state index < -0.39 is 10.0 Å². The number of hydrogen-bond donors (Lipinski definition) is 1. The number of nitrogens with zero attached hydrogens (tertiary/aromatic N) is 1. The lowest BCUT2D eigenvalue weighted by atomic mass is 10.3. The first kappa shape index (κ1) is 17.5. The third-order valence-corrected chi connectivity index (χ3v) is 5.48. The van der Waals surface area contributed by atoms with Crippen molar-refractivity contribution in [3.63, 3.8) is 0 Å². The topological polar surface area (TPSA) is 58.6 Å². The van der Waals surface area contributed by atoms with Crippen LogP contribution in [0.25, 0.3) is 0 Å². The highest BCUT2D eigenvalue weighted by Crippen LogP contribution is 2.29. The fraction of sp³-hybridized carbons (Fsp3) is 0.500. The first-order valence-electron chi connectivity index (χ1n) is 6.03. The Hall–Kier alpha value is -0.530. The molecule has 0 bridgehead atoms. The van der Waals surface area contributed by atoms with Gasteiger partial charge in [0.1, 0.15) is 5.75 Å². The second-order valence-corrected chi connectivity index (χ2v) is 6.76. The molecule has 8 heteroatoms. The molecule has 0 unspecified atom stereocenters. The van der Waals surface area contributed by atoms with Gasteiger partial charge in [0.25, 0.3) is 0 Å². The molecule has 1 saturated heterocycles. The van der Waals surface area contributed by atoms with Gasteiger partial charge in [0, 0.05) is 25.7 Å². The Morgan fingerprint density at radius 1 is 1.45 bits per heavy atom. The average Bonchev–Trinajstić information content (AvgIpc) is 2.39. The summed E-state index contributed by atoms with van der Waals surface area (Å²) >= 11 is 5.99. The monoisotopic (exact) mass is 340 g/mol. The number of methoxy groups -OCH3 is 1. The molecule has 1 heterocycles. The Labute approximate surface area is 130 Å². The minimum Gasteiger partial charge on any atom is -0.495 e. The van der Waals surface area contributed by atoms with E-state index in [1.807, 2.05) is 6.92 Å². The second-order valence-electron chi connectivity index (χ2n) is 4.47. The summed E-state index contributed by atoms with van der Waals surface area (Å²) in [7, 11) is -2.01. The van der Waals surface area contributed by atoms with Crippen molar-refractivity contribution < 1.29 is 13.2 Å². The summed E-state index contributed by atoms with van der Waals surface area (Å²) in [5.74, 6) is 0.467. The lowest BCUT2D eigenvalue weighted by Crippen LogP contribution is -2.52. The van der Waals surface area contributed by atoms with Crippen LogP contribution in [0.1, 0.15) is 6.92 Å². The van der Waals surface area contributed by atoms with Crippen LogP contribution < -0.4 is 10.1 Å². The number of rotatable bonds is 3. The van der Waals surface area contributed by atoms with Gasteiger partial charge in [0.15, 0.2) is 0 Å². The Bertz CT molecular complexity index is 566. The second kappa shape index (κ2) is 6.95. The van der Waals surface area contributed by atoms with Gasteiger partial charge in [-0.3, -0.25) is 0 Å². The van der Waals surface area contributed by atoms with Crippen LogP contribution in [0, 0.1) is 0 Å². The lowest BCUT2D eigenvalue weighted by molar-refractivity contribution is 0.284. The van der Waals surface area contributed by atoms with Crippen LogP contribution in [0.3, 0.4) is 0 Å². The minimum atomic E-state index is -3.51. The van der Waals surface area contributed by atoms with Crippen molar-refractivity contribution in [3.05, 3.63) is 23.2 Å². The van der Waals surface area contributed by atoms with Gasteiger partial charge >= 0.3 is 0 Å². The molecule has 1 aliphatic rings. The number of nitrogens with one attached hydrogen (secondary N) is 1. The molecule has 0 radical (unpaired) electrons. The van der Waals surface area contributed by atoms with Crippen molar-refractivity contribution in [3.8, 4) is 5.75 Å². The summed E-state index contributed by atoms with van der Waals surface area (Å²) in [4.78, 5) is 0.201. The highest BCUT2D eigenvalue weighted by atomic mass is 35.5. The zero-order valence-corrected chi connectivity index (χ0v) is 13.7. The Balaban J connectivity index is 0.00000200. The number of hydrogen-bond acceptors (Lipinski definition) is 4. The highest BCUT2D eigenvalue weighted by molar-refractivity contribution is 7.89. The first-order chi connectivity index (χ1) is 8.96. The van der Waals surface area contributed by atoms with Crippen LogP contribution in [-0.2, 0) is 10.0 Å². The van der Waals surface area contributed by atoms with E-state index in [0.29, 0.717) is 30.4 Å². The lowest BCUT2D eigenvalue weighted by Gasteiger charge is -2.32. The zero-order chi connectivity index (χ0) is 14.0. The Morgan fingerprint density at radius 3 is 2.70 bits per heavy atom. The Morgan fingerprint density at radius 2 is 2.15 bits per heavy atom. The first-order valence-corrected chi connectivity index (χ1v) is 7.84. The van der Waals surface area contributed by atoms with Crippen molar-refractivity contribution in [1.82, 2.24) is 9.62 Å². The molecule has 0 saturated carbocycles. The molecule has 0 amide bonds. The maximum absolute atomic E-state index is 12.5. The molecule has 1 aromatic rings. The van der Waals surface area contributed by atoms with Crippen molar-refractivity contribution >= 4 is 34.0 Å². The SMILES string of the molecule is COc1ccc(S(=O)(=O)N2CCNC[C@@H]2C)cc1Cl.Cl. The van der Waals surface area contributed by atoms with Crippen LogP contribution in [0.2, 0.25) is 5.02 Å². The van der Waals surface area contributed by atoms with E-state index in [9.17, 15) is 8.42 Å². The van der Waals surface area contributed by atoms with Crippen molar-refractivity contribution in [1.29, 1.82) is 0 Å². The quantitative estimate of drug-likeness (QED) is 0.910. The summed E-state index contributed by atoms with van der Waals surface area (Å²) in [5, 5.41) is 3.46. The molecule has 0 aliphatic carbocycles. The third-order valence-electron chi connectivity index (χ3n) is 3.17. The van der Waals surface area contributed by atoms with Gasteiger partial charge in [0.05, 0.1) is 17.0 Å². The number of sulfonamides is 1. The summed E-state index contributed by atoms with van der Waals surface area (Å²) in [6.07, 6.45) is 0. The normalized spacial score (nSPS) is 20.2. The van der Waals surface area contributed by atoms with Crippen molar-refractivity contribution in [2.45, 2.75) is 17.9 Å². The summed E-state index contributed by atoms with van der Waals surface area (Å²) in [6, 6.07) is 4.46. The molecular weight excluding hydrogens is 323 g/mol. The molecule has 1 aliphatic heterocycles. The Kier molecular flexibility index (Phi) is 6.09. The molecule has 0 aromatic heterocycles. The number of benzene rings is 1. The van der Waals surface area contributed by atoms with Crippen molar-refractivity contribution in [2.24, 2.45) is 0 Å². The number of ether oxygens (including phenoxy) is 1. The standard InChI is InChI=1S/C12H17ClN2O3S.ClH/c1-9-8-14-5-6-15(9)19(16,17)10-3-4-12(18-2)11(13)7-10;/h3-4,7,9,14H,5-6,8H2,1-2H3;1H/t9-;/m0./s1. The van der Waals surface area contributed by atoms with Gasteiger partial charge in [-0.05, 0) is 25.1 Å². The van der Waals surface area contributed by atoms with Gasteiger partial charge < -0.3 is 10.1 Å². The van der Waals surface area contributed by atoms with Crippen LogP contribution in [-0.4, -0.2) is 45.5 Å². The van der Waals surface area contributed by atoms with Crippen LogP contribution in [0.4, 0.5) is 0 Å². The van der Waals surface area contributed by atoms with E-state index in [0.717, 1.165) is 0 Å². The van der Waals surface area contributed by atoms with E-state index in [2.05, 4.69) is 5.32 Å². The van der Waals surface area contributed by atoms with E-state index in [4.69, 9.17) is 16.3 Å². The van der Waals surface area contributed by atoms with Crippen molar-refractivity contribution in [2.75, 3.05) is 26.7 Å². The fourth-order valence-corrected chi connectivity index (χ4v) is 4.10. The van der Waals surface area contributed by atoms with Crippen LogP contribution in [0.5, 0.6) is 5.75 Å². The molecule has 1 aromatic carbocycles. The summed E-state index contributed by atoms with van der Waals surface area (Å²) < 4.78 is 31.6. The predicted octanol–water partition coefficient (Wildman–Crippen LogP) is 1.75. The predicted molar refractivity (Wildman–Crippen MR) is 81.5 cm³/mol. The highest BCUT2D eigenvalue weighted by Gasteiger charge is 2.31. The smallest absolute Gasteiger partial charge is 0.243 e. The largest absolute Gasteiger partial charge is 0.495 e. The maximum Gasteiger partial charge on any atom is 0.243 e. The van der Waals surface area contributed by atoms with Gasteiger partial charge in [-0.25, -0.2) is 8.42 Å². The molecular formula is C12H18Cl2N2O3S. The van der Waals surface area contributed by atoms with E-state index in [1.54, 1.807) is 6.07 Å². The van der Waals surface area contributed by atoms with Gasteiger partial charge in [-0.15, -0.1) is 12.4 Å². The maximum atomic E-state index is 12.5.